The van der Waals surface area contributed by atoms with Crippen molar-refractivity contribution in [1.29, 1.82) is 0 Å². The number of amides is 1. The van der Waals surface area contributed by atoms with E-state index in [1.54, 1.807) is 11.6 Å². The molecule has 156 valence electrons. The van der Waals surface area contributed by atoms with Crippen LogP contribution in [0.3, 0.4) is 0 Å². The predicted octanol–water partition coefficient (Wildman–Crippen LogP) is 2.48. The first-order valence-electron chi connectivity index (χ1n) is 10.1. The maximum absolute atomic E-state index is 11.2. The summed E-state index contributed by atoms with van der Waals surface area (Å²) >= 11 is 0. The number of aliphatic hydroxyl groups is 1. The number of hydrogen-bond donors (Lipinski definition) is 3. The fraction of sp³-hybridized carbons (Fsp3) is 0.160. The standard InChI is InChI=1S/C25H23N3O3/c29-16-20(15-17-6-2-1-3-7-17)21-10-5-11-22-24(21)27-25(26-22)19-9-4-8-18(14-19)12-13-23(30)28-31/h1-14,20,25,29,31H,15-16H2,(H,28,30)/b13-12+. The third-order valence-corrected chi connectivity index (χ3v) is 5.29. The Morgan fingerprint density at radius 1 is 1.03 bits per heavy atom. The first kappa shape index (κ1) is 20.7. The zero-order valence-corrected chi connectivity index (χ0v) is 16.8. The first-order chi connectivity index (χ1) is 15.2. The number of carbonyl (C=O) groups is 1. The van der Waals surface area contributed by atoms with Gasteiger partial charge >= 0.3 is 0 Å². The maximum Gasteiger partial charge on any atom is 0.267 e. The van der Waals surface area contributed by atoms with Gasteiger partial charge in [0.05, 0.1) is 17.3 Å². The Bertz CT molecular complexity index is 1220. The molecule has 3 aromatic carbocycles. The molecule has 4 rings (SSSR count). The van der Waals surface area contributed by atoms with E-state index in [1.807, 2.05) is 60.7 Å². The first-order valence-corrected chi connectivity index (χ1v) is 10.1. The highest BCUT2D eigenvalue weighted by Gasteiger charge is 2.19. The second-order valence-electron chi connectivity index (χ2n) is 7.40. The second kappa shape index (κ2) is 9.47. The van der Waals surface area contributed by atoms with Crippen molar-refractivity contribution in [3.05, 3.63) is 112 Å². The third kappa shape index (κ3) is 4.77. The molecule has 1 aliphatic rings. The molecule has 1 heterocycles. The minimum absolute atomic E-state index is 0.0265. The molecule has 0 saturated carbocycles. The second-order valence-corrected chi connectivity index (χ2v) is 7.40. The number of fused-ring (bicyclic) bond motifs is 1. The molecule has 3 N–H and O–H groups in total. The molecule has 6 heteroatoms. The van der Waals surface area contributed by atoms with E-state index in [9.17, 15) is 9.90 Å². The number of aliphatic hydroxyl groups excluding tert-OH is 1. The normalized spacial score (nSPS) is 15.7. The number of nitrogens with zero attached hydrogens (tertiary/aromatic N) is 2. The van der Waals surface area contributed by atoms with Gasteiger partial charge in [0.1, 0.15) is 0 Å². The van der Waals surface area contributed by atoms with E-state index in [-0.39, 0.29) is 18.7 Å². The molecule has 0 saturated heterocycles. The van der Waals surface area contributed by atoms with Crippen molar-refractivity contribution in [2.75, 3.05) is 6.61 Å². The molecule has 6 nitrogen and oxygen atoms in total. The molecule has 0 bridgehead atoms. The van der Waals surface area contributed by atoms with Crippen molar-refractivity contribution in [2.24, 2.45) is 9.98 Å². The van der Waals surface area contributed by atoms with E-state index < -0.39 is 5.91 Å². The van der Waals surface area contributed by atoms with E-state index in [1.165, 1.54) is 6.08 Å². The van der Waals surface area contributed by atoms with Crippen LogP contribution in [-0.4, -0.2) is 22.8 Å². The van der Waals surface area contributed by atoms with Gasteiger partial charge in [-0.05, 0) is 46.9 Å². The van der Waals surface area contributed by atoms with Gasteiger partial charge in [-0.3, -0.25) is 20.0 Å². The van der Waals surface area contributed by atoms with Gasteiger partial charge in [-0.15, -0.1) is 0 Å². The highest BCUT2D eigenvalue weighted by atomic mass is 16.5. The van der Waals surface area contributed by atoms with Gasteiger partial charge in [-0.1, -0.05) is 60.7 Å². The number of hydrogen-bond acceptors (Lipinski definition) is 5. The monoisotopic (exact) mass is 413 g/mol. The van der Waals surface area contributed by atoms with Crippen LogP contribution in [0.1, 0.15) is 34.3 Å². The molecular weight excluding hydrogens is 390 g/mol. The lowest BCUT2D eigenvalue weighted by Crippen LogP contribution is -2.29. The lowest BCUT2D eigenvalue weighted by molar-refractivity contribution is -0.124. The van der Waals surface area contributed by atoms with Crippen LogP contribution < -0.4 is 16.2 Å². The van der Waals surface area contributed by atoms with Crippen LogP contribution in [0.15, 0.2) is 88.9 Å². The van der Waals surface area contributed by atoms with Crippen LogP contribution in [-0.2, 0) is 11.2 Å². The van der Waals surface area contributed by atoms with Crippen molar-refractivity contribution in [1.82, 2.24) is 5.48 Å². The van der Waals surface area contributed by atoms with Gasteiger partial charge in [0.2, 0.25) is 0 Å². The average Bonchev–Trinajstić information content (AvgIpc) is 3.26. The van der Waals surface area contributed by atoms with Gasteiger partial charge in [-0.2, -0.15) is 0 Å². The molecule has 2 unspecified atom stereocenters. The smallest absolute Gasteiger partial charge is 0.267 e. The number of rotatable bonds is 7. The summed E-state index contributed by atoms with van der Waals surface area (Å²) in [6.07, 6.45) is 3.21. The summed E-state index contributed by atoms with van der Waals surface area (Å²) in [7, 11) is 0. The minimum atomic E-state index is -0.592. The number of benzene rings is 3. The van der Waals surface area contributed by atoms with Crippen molar-refractivity contribution in [2.45, 2.75) is 18.5 Å². The summed E-state index contributed by atoms with van der Waals surface area (Å²) in [5, 5.41) is 20.3. The van der Waals surface area contributed by atoms with E-state index in [4.69, 9.17) is 15.2 Å². The van der Waals surface area contributed by atoms with Crippen LogP contribution in [0.25, 0.3) is 6.08 Å². The number of para-hydroxylation sites is 1. The Hall–Kier alpha value is -3.61. The minimum Gasteiger partial charge on any atom is -0.396 e. The van der Waals surface area contributed by atoms with E-state index >= 15 is 0 Å². The summed E-state index contributed by atoms with van der Waals surface area (Å²) in [5.74, 6) is -0.660. The number of hydroxylamine groups is 1. The summed E-state index contributed by atoms with van der Waals surface area (Å²) in [6.45, 7) is 0.0265. The number of carbonyl (C=O) groups excluding carboxylic acids is 1. The Kier molecular flexibility index (Phi) is 6.31. The van der Waals surface area contributed by atoms with Crippen molar-refractivity contribution >= 4 is 12.0 Å². The van der Waals surface area contributed by atoms with Gasteiger partial charge in [0, 0.05) is 12.0 Å². The lowest BCUT2D eigenvalue weighted by atomic mass is 9.92. The molecule has 31 heavy (non-hydrogen) atoms. The maximum atomic E-state index is 11.2. The van der Waals surface area contributed by atoms with Gasteiger partial charge in [0.25, 0.3) is 5.91 Å². The zero-order valence-electron chi connectivity index (χ0n) is 16.8. The molecule has 0 aliphatic carbocycles. The third-order valence-electron chi connectivity index (χ3n) is 5.29. The van der Waals surface area contributed by atoms with Crippen LogP contribution in [0.4, 0.5) is 0 Å². The number of nitrogens with one attached hydrogen (secondary N) is 1. The summed E-state index contributed by atoms with van der Waals surface area (Å²) in [5.41, 5.74) is 5.43. The van der Waals surface area contributed by atoms with E-state index in [2.05, 4.69) is 12.1 Å². The Labute approximate surface area is 179 Å². The van der Waals surface area contributed by atoms with Gasteiger partial charge in [0.15, 0.2) is 6.17 Å². The Morgan fingerprint density at radius 3 is 2.61 bits per heavy atom. The molecule has 1 aliphatic heterocycles. The fourth-order valence-electron chi connectivity index (χ4n) is 3.76. The van der Waals surface area contributed by atoms with Crippen molar-refractivity contribution in [3.8, 4) is 0 Å². The van der Waals surface area contributed by atoms with Crippen molar-refractivity contribution in [3.63, 3.8) is 0 Å². The van der Waals surface area contributed by atoms with Crippen LogP contribution >= 0.6 is 0 Å². The van der Waals surface area contributed by atoms with Crippen LogP contribution in [0.5, 0.6) is 0 Å². The van der Waals surface area contributed by atoms with Crippen LogP contribution in [0.2, 0.25) is 0 Å². The molecule has 0 spiro atoms. The molecule has 3 aromatic rings. The van der Waals surface area contributed by atoms with Crippen molar-refractivity contribution < 1.29 is 15.1 Å². The molecule has 1 amide bonds. The molecule has 0 aromatic heterocycles. The van der Waals surface area contributed by atoms with E-state index in [0.717, 1.165) is 39.4 Å². The highest BCUT2D eigenvalue weighted by Crippen LogP contribution is 2.23. The molecule has 0 radical (unpaired) electrons. The predicted molar refractivity (Wildman–Crippen MR) is 117 cm³/mol. The topological polar surface area (TPSA) is 94.3 Å². The molecular formula is C25H23N3O3. The quantitative estimate of drug-likeness (QED) is 0.316. The largest absolute Gasteiger partial charge is 0.396 e. The highest BCUT2D eigenvalue weighted by molar-refractivity contribution is 5.90. The SMILES string of the molecule is O=C(/C=C/c1cccc(C2N=c3cccc(C(CO)Cc4ccccc4)c3=N2)c1)NO. The van der Waals surface area contributed by atoms with E-state index in [0.29, 0.717) is 0 Å². The summed E-state index contributed by atoms with van der Waals surface area (Å²) in [4.78, 5) is 20.9. The van der Waals surface area contributed by atoms with Gasteiger partial charge in [-0.25, -0.2) is 5.48 Å². The fourth-order valence-corrected chi connectivity index (χ4v) is 3.76. The molecule has 2 atom stereocenters. The van der Waals surface area contributed by atoms with Crippen LogP contribution in [0, 0.1) is 0 Å². The average molecular weight is 413 g/mol. The summed E-state index contributed by atoms with van der Waals surface area (Å²) < 4.78 is 0. The lowest BCUT2D eigenvalue weighted by Gasteiger charge is -2.14. The Balaban J connectivity index is 1.65. The Morgan fingerprint density at radius 2 is 1.84 bits per heavy atom. The molecule has 0 fully saturated rings. The van der Waals surface area contributed by atoms with Gasteiger partial charge < -0.3 is 5.11 Å². The zero-order chi connectivity index (χ0) is 21.6. The summed E-state index contributed by atoms with van der Waals surface area (Å²) in [6, 6.07) is 23.6.